The predicted octanol–water partition coefficient (Wildman–Crippen LogP) is 1.65. The summed E-state index contributed by atoms with van der Waals surface area (Å²) in [4.78, 5) is 31.9. The summed E-state index contributed by atoms with van der Waals surface area (Å²) < 4.78 is 0. The second kappa shape index (κ2) is 8.67. The second-order valence-corrected chi connectivity index (χ2v) is 6.80. The summed E-state index contributed by atoms with van der Waals surface area (Å²) in [5.74, 6) is 0.563. The molecule has 1 aliphatic heterocycles. The van der Waals surface area contributed by atoms with Crippen molar-refractivity contribution in [1.29, 1.82) is 0 Å². The standard InChI is InChI=1S/C16H24N4O2S/c1-3-17-16(19-11-13-8-7-12(2)23-13)18-9-10-20-14(21)5-4-6-15(20)22/h7-8H,3-6,9-11H2,1-2H3,(H2,17,18,19). The maximum absolute atomic E-state index is 11.8. The molecular weight excluding hydrogens is 312 g/mol. The number of likely N-dealkylation sites (tertiary alicyclic amines) is 1. The molecule has 0 atom stereocenters. The minimum absolute atomic E-state index is 0.0703. The van der Waals surface area contributed by atoms with Gasteiger partial charge in [0.05, 0.1) is 6.54 Å². The summed E-state index contributed by atoms with van der Waals surface area (Å²) in [6.07, 6.45) is 1.61. The number of carbonyl (C=O) groups is 2. The number of nitrogens with zero attached hydrogens (tertiary/aromatic N) is 2. The van der Waals surface area contributed by atoms with E-state index in [4.69, 9.17) is 0 Å². The molecule has 1 aromatic heterocycles. The van der Waals surface area contributed by atoms with E-state index >= 15 is 0 Å². The molecule has 2 amide bonds. The number of carbonyl (C=O) groups excluding carboxylic acids is 2. The molecule has 1 aliphatic rings. The molecule has 6 nitrogen and oxygen atoms in total. The third-order valence-electron chi connectivity index (χ3n) is 3.54. The zero-order valence-corrected chi connectivity index (χ0v) is 14.5. The van der Waals surface area contributed by atoms with Crippen LogP contribution in [-0.2, 0) is 16.1 Å². The topological polar surface area (TPSA) is 73.8 Å². The van der Waals surface area contributed by atoms with Crippen LogP contribution in [0.5, 0.6) is 0 Å². The number of piperidine rings is 1. The van der Waals surface area contributed by atoms with E-state index in [1.807, 2.05) is 6.92 Å². The third-order valence-corrected chi connectivity index (χ3v) is 4.53. The molecule has 2 N–H and O–H groups in total. The lowest BCUT2D eigenvalue weighted by molar-refractivity contribution is -0.147. The molecule has 1 aromatic rings. The summed E-state index contributed by atoms with van der Waals surface area (Å²) in [5, 5.41) is 6.36. The zero-order valence-electron chi connectivity index (χ0n) is 13.7. The average molecular weight is 336 g/mol. The third kappa shape index (κ3) is 5.35. The van der Waals surface area contributed by atoms with Gasteiger partial charge in [-0.15, -0.1) is 11.3 Å². The Morgan fingerprint density at radius 3 is 2.61 bits per heavy atom. The van der Waals surface area contributed by atoms with Crippen LogP contribution in [0.2, 0.25) is 0 Å². The SMILES string of the molecule is CCNC(=NCc1ccc(C)s1)NCCN1C(=O)CCCC1=O. The lowest BCUT2D eigenvalue weighted by Gasteiger charge is -2.25. The number of hydrogen-bond acceptors (Lipinski definition) is 4. The van der Waals surface area contributed by atoms with Crippen LogP contribution in [0, 0.1) is 6.92 Å². The zero-order chi connectivity index (χ0) is 16.7. The molecule has 23 heavy (non-hydrogen) atoms. The average Bonchev–Trinajstić information content (AvgIpc) is 2.93. The highest BCUT2D eigenvalue weighted by Gasteiger charge is 2.25. The molecule has 1 fully saturated rings. The molecule has 1 saturated heterocycles. The highest BCUT2D eigenvalue weighted by Crippen LogP contribution is 2.15. The van der Waals surface area contributed by atoms with Gasteiger partial charge in [-0.2, -0.15) is 0 Å². The molecular formula is C16H24N4O2S. The first-order valence-electron chi connectivity index (χ1n) is 8.01. The minimum atomic E-state index is -0.0703. The smallest absolute Gasteiger partial charge is 0.229 e. The predicted molar refractivity (Wildman–Crippen MR) is 92.4 cm³/mol. The quantitative estimate of drug-likeness (QED) is 0.471. The largest absolute Gasteiger partial charge is 0.357 e. The summed E-state index contributed by atoms with van der Waals surface area (Å²) >= 11 is 1.73. The van der Waals surface area contributed by atoms with Crippen molar-refractivity contribution in [3.8, 4) is 0 Å². The molecule has 0 radical (unpaired) electrons. The van der Waals surface area contributed by atoms with Crippen molar-refractivity contribution in [2.45, 2.75) is 39.7 Å². The van der Waals surface area contributed by atoms with Crippen molar-refractivity contribution in [3.63, 3.8) is 0 Å². The van der Waals surface area contributed by atoms with Gasteiger partial charge in [-0.1, -0.05) is 0 Å². The number of nitrogens with one attached hydrogen (secondary N) is 2. The number of aryl methyl sites for hydroxylation is 1. The molecule has 0 aromatic carbocycles. The maximum atomic E-state index is 11.8. The molecule has 2 rings (SSSR count). The van der Waals surface area contributed by atoms with Crippen molar-refractivity contribution in [2.75, 3.05) is 19.6 Å². The lowest BCUT2D eigenvalue weighted by atomic mass is 10.1. The number of rotatable bonds is 6. The van der Waals surface area contributed by atoms with E-state index in [1.165, 1.54) is 14.7 Å². The van der Waals surface area contributed by atoms with Gasteiger partial charge >= 0.3 is 0 Å². The monoisotopic (exact) mass is 336 g/mol. The summed E-state index contributed by atoms with van der Waals surface area (Å²) in [6, 6.07) is 4.17. The van der Waals surface area contributed by atoms with Crippen LogP contribution in [0.1, 0.15) is 35.9 Å². The first kappa shape index (κ1) is 17.5. The first-order chi connectivity index (χ1) is 11.1. The van der Waals surface area contributed by atoms with Crippen molar-refractivity contribution < 1.29 is 9.59 Å². The molecule has 0 spiro atoms. The van der Waals surface area contributed by atoms with Crippen molar-refractivity contribution in [1.82, 2.24) is 15.5 Å². The van der Waals surface area contributed by atoms with Crippen LogP contribution >= 0.6 is 11.3 Å². The number of aliphatic imine (C=N–C) groups is 1. The van der Waals surface area contributed by atoms with E-state index < -0.39 is 0 Å². The molecule has 0 bridgehead atoms. The van der Waals surface area contributed by atoms with Crippen LogP contribution in [0.3, 0.4) is 0 Å². The number of amides is 2. The van der Waals surface area contributed by atoms with E-state index in [0.29, 0.717) is 44.9 Å². The van der Waals surface area contributed by atoms with E-state index in [-0.39, 0.29) is 11.8 Å². The molecule has 0 unspecified atom stereocenters. The number of hydrogen-bond donors (Lipinski definition) is 2. The fourth-order valence-corrected chi connectivity index (χ4v) is 3.22. The normalized spacial score (nSPS) is 15.9. The Bertz CT molecular complexity index is 566. The Hall–Kier alpha value is -1.89. The number of imide groups is 1. The second-order valence-electron chi connectivity index (χ2n) is 5.43. The molecule has 126 valence electrons. The Kier molecular flexibility index (Phi) is 6.58. The molecule has 7 heteroatoms. The van der Waals surface area contributed by atoms with Gasteiger partial charge in [0.2, 0.25) is 11.8 Å². The van der Waals surface area contributed by atoms with Gasteiger partial charge in [0.25, 0.3) is 0 Å². The van der Waals surface area contributed by atoms with E-state index in [1.54, 1.807) is 11.3 Å². The Labute approximate surface area is 141 Å². The molecule has 0 saturated carbocycles. The number of thiophene rings is 1. The van der Waals surface area contributed by atoms with E-state index in [9.17, 15) is 9.59 Å². The van der Waals surface area contributed by atoms with Gasteiger partial charge in [-0.05, 0) is 32.4 Å². The van der Waals surface area contributed by atoms with Gasteiger partial charge in [0.1, 0.15) is 0 Å². The Balaban J connectivity index is 1.84. The van der Waals surface area contributed by atoms with Crippen LogP contribution in [0.25, 0.3) is 0 Å². The van der Waals surface area contributed by atoms with Gasteiger partial charge < -0.3 is 10.6 Å². The molecule has 2 heterocycles. The van der Waals surface area contributed by atoms with Crippen LogP contribution < -0.4 is 10.6 Å². The fraction of sp³-hybridized carbons (Fsp3) is 0.562. The van der Waals surface area contributed by atoms with E-state index in [0.717, 1.165) is 6.54 Å². The van der Waals surface area contributed by atoms with Crippen molar-refractivity contribution >= 4 is 29.1 Å². The lowest BCUT2D eigenvalue weighted by Crippen LogP contribution is -2.46. The fourth-order valence-electron chi connectivity index (χ4n) is 2.40. The highest BCUT2D eigenvalue weighted by molar-refractivity contribution is 7.11. The van der Waals surface area contributed by atoms with Gasteiger partial charge in [0.15, 0.2) is 5.96 Å². The van der Waals surface area contributed by atoms with Crippen LogP contribution in [0.15, 0.2) is 17.1 Å². The first-order valence-corrected chi connectivity index (χ1v) is 8.82. The summed E-state index contributed by atoms with van der Waals surface area (Å²) in [5.41, 5.74) is 0. The van der Waals surface area contributed by atoms with Crippen molar-refractivity contribution in [3.05, 3.63) is 21.9 Å². The Morgan fingerprint density at radius 2 is 2.00 bits per heavy atom. The summed E-state index contributed by atoms with van der Waals surface area (Å²) in [7, 11) is 0. The maximum Gasteiger partial charge on any atom is 0.229 e. The number of guanidine groups is 1. The van der Waals surface area contributed by atoms with E-state index in [2.05, 4.69) is 34.7 Å². The molecule has 0 aliphatic carbocycles. The highest BCUT2D eigenvalue weighted by atomic mass is 32.1. The Morgan fingerprint density at radius 1 is 1.26 bits per heavy atom. The van der Waals surface area contributed by atoms with Crippen LogP contribution in [0.4, 0.5) is 0 Å². The van der Waals surface area contributed by atoms with Gasteiger partial charge in [-0.3, -0.25) is 14.5 Å². The van der Waals surface area contributed by atoms with Gasteiger partial charge in [0, 0.05) is 42.2 Å². The minimum Gasteiger partial charge on any atom is -0.357 e. The van der Waals surface area contributed by atoms with Crippen molar-refractivity contribution in [2.24, 2.45) is 4.99 Å². The van der Waals surface area contributed by atoms with Gasteiger partial charge in [-0.25, -0.2) is 4.99 Å². The summed E-state index contributed by atoms with van der Waals surface area (Å²) in [6.45, 7) is 6.36. The van der Waals surface area contributed by atoms with Crippen LogP contribution in [-0.4, -0.2) is 42.3 Å².